The van der Waals surface area contributed by atoms with Crippen LogP contribution in [0.25, 0.3) is 11.1 Å². The number of esters is 1. The van der Waals surface area contributed by atoms with E-state index in [1.54, 1.807) is 13.0 Å². The molecule has 0 radical (unpaired) electrons. The summed E-state index contributed by atoms with van der Waals surface area (Å²) in [5, 5.41) is 0. The average Bonchev–Trinajstić information content (AvgIpc) is 2.45. The standard InChI is InChI=1S/C16H15FO4S/c1-10-8-14(11-4-6-12(17)7-5-11)15(22(3,19)20)9-13(10)16(18)21-2/h4-9H,1-3H3. The van der Waals surface area contributed by atoms with E-state index in [1.165, 1.54) is 37.4 Å². The third-order valence-corrected chi connectivity index (χ3v) is 4.42. The second-order valence-corrected chi connectivity index (χ2v) is 6.92. The first-order valence-corrected chi connectivity index (χ1v) is 8.32. The number of rotatable bonds is 3. The van der Waals surface area contributed by atoms with Crippen LogP contribution in [-0.2, 0) is 14.6 Å². The van der Waals surface area contributed by atoms with Crippen LogP contribution in [0.1, 0.15) is 15.9 Å². The van der Waals surface area contributed by atoms with Crippen molar-refractivity contribution in [3.05, 3.63) is 53.3 Å². The van der Waals surface area contributed by atoms with Crippen LogP contribution in [-0.4, -0.2) is 27.8 Å². The van der Waals surface area contributed by atoms with Gasteiger partial charge in [-0.25, -0.2) is 17.6 Å². The second-order valence-electron chi connectivity index (χ2n) is 4.93. The molecule has 6 heteroatoms. The molecular formula is C16H15FO4S. The highest BCUT2D eigenvalue weighted by atomic mass is 32.2. The summed E-state index contributed by atoms with van der Waals surface area (Å²) in [5.74, 6) is -1.01. The van der Waals surface area contributed by atoms with Crippen molar-refractivity contribution in [2.24, 2.45) is 0 Å². The lowest BCUT2D eigenvalue weighted by Crippen LogP contribution is -2.08. The van der Waals surface area contributed by atoms with Crippen molar-refractivity contribution >= 4 is 15.8 Å². The number of ether oxygens (including phenoxy) is 1. The zero-order chi connectivity index (χ0) is 16.5. The number of halogens is 1. The molecule has 2 aromatic carbocycles. The lowest BCUT2D eigenvalue weighted by Gasteiger charge is -2.13. The molecule has 0 spiro atoms. The molecule has 0 bridgehead atoms. The molecule has 0 aliphatic rings. The highest BCUT2D eigenvalue weighted by Gasteiger charge is 2.20. The van der Waals surface area contributed by atoms with Crippen LogP contribution in [0.2, 0.25) is 0 Å². The molecule has 0 aliphatic heterocycles. The summed E-state index contributed by atoms with van der Waals surface area (Å²) in [6.07, 6.45) is 1.06. The molecule has 2 rings (SSSR count). The Bertz CT molecular complexity index is 824. The van der Waals surface area contributed by atoms with Gasteiger partial charge in [0.05, 0.1) is 17.6 Å². The lowest BCUT2D eigenvalue weighted by atomic mass is 9.99. The third-order valence-electron chi connectivity index (χ3n) is 3.29. The van der Waals surface area contributed by atoms with E-state index >= 15 is 0 Å². The van der Waals surface area contributed by atoms with Gasteiger partial charge in [-0.1, -0.05) is 12.1 Å². The second kappa shape index (κ2) is 5.88. The van der Waals surface area contributed by atoms with Crippen LogP contribution < -0.4 is 0 Å². The Morgan fingerprint density at radius 3 is 2.23 bits per heavy atom. The predicted octanol–water partition coefficient (Wildman–Crippen LogP) is 2.99. The van der Waals surface area contributed by atoms with Gasteiger partial charge in [0.1, 0.15) is 5.82 Å². The van der Waals surface area contributed by atoms with Crippen molar-refractivity contribution in [3.8, 4) is 11.1 Å². The number of carbonyl (C=O) groups is 1. The predicted molar refractivity (Wildman–Crippen MR) is 81.0 cm³/mol. The molecule has 0 saturated heterocycles. The van der Waals surface area contributed by atoms with E-state index in [-0.39, 0.29) is 10.5 Å². The fourth-order valence-electron chi connectivity index (χ4n) is 2.18. The fourth-order valence-corrected chi connectivity index (χ4v) is 3.09. The van der Waals surface area contributed by atoms with Crippen LogP contribution in [0.5, 0.6) is 0 Å². The Labute approximate surface area is 128 Å². The molecular weight excluding hydrogens is 307 g/mol. The van der Waals surface area contributed by atoms with Gasteiger partial charge >= 0.3 is 5.97 Å². The van der Waals surface area contributed by atoms with Crippen LogP contribution in [0.4, 0.5) is 4.39 Å². The van der Waals surface area contributed by atoms with E-state index in [2.05, 4.69) is 4.74 Å². The average molecular weight is 322 g/mol. The van der Waals surface area contributed by atoms with Gasteiger partial charge in [0, 0.05) is 11.8 Å². The number of hydrogen-bond acceptors (Lipinski definition) is 4. The molecule has 0 heterocycles. The van der Waals surface area contributed by atoms with E-state index in [4.69, 9.17) is 0 Å². The molecule has 0 atom stereocenters. The van der Waals surface area contributed by atoms with E-state index in [1.807, 2.05) is 0 Å². The maximum Gasteiger partial charge on any atom is 0.338 e. The molecule has 0 aromatic heterocycles. The van der Waals surface area contributed by atoms with Gasteiger partial charge < -0.3 is 4.74 Å². The van der Waals surface area contributed by atoms with Gasteiger partial charge in [-0.2, -0.15) is 0 Å². The van der Waals surface area contributed by atoms with Gasteiger partial charge in [0.15, 0.2) is 9.84 Å². The number of benzene rings is 2. The van der Waals surface area contributed by atoms with Crippen molar-refractivity contribution in [1.29, 1.82) is 0 Å². The van der Waals surface area contributed by atoms with E-state index in [0.29, 0.717) is 16.7 Å². The Balaban J connectivity index is 2.76. The SMILES string of the molecule is COC(=O)c1cc(S(C)(=O)=O)c(-c2ccc(F)cc2)cc1C. The zero-order valence-corrected chi connectivity index (χ0v) is 13.2. The van der Waals surface area contributed by atoms with Crippen molar-refractivity contribution in [3.63, 3.8) is 0 Å². The Hall–Kier alpha value is -2.21. The molecule has 116 valence electrons. The molecule has 0 saturated carbocycles. The summed E-state index contributed by atoms with van der Waals surface area (Å²) in [5.41, 5.74) is 1.75. The maximum absolute atomic E-state index is 13.1. The number of hydrogen-bond donors (Lipinski definition) is 0. The zero-order valence-electron chi connectivity index (χ0n) is 12.4. The minimum Gasteiger partial charge on any atom is -0.465 e. The minimum atomic E-state index is -3.57. The number of carbonyl (C=O) groups excluding carboxylic acids is 1. The molecule has 4 nitrogen and oxygen atoms in total. The molecule has 22 heavy (non-hydrogen) atoms. The van der Waals surface area contributed by atoms with Gasteiger partial charge in [-0.05, 0) is 42.3 Å². The van der Waals surface area contributed by atoms with Gasteiger partial charge in [0.25, 0.3) is 0 Å². The largest absolute Gasteiger partial charge is 0.465 e. The maximum atomic E-state index is 13.1. The van der Waals surface area contributed by atoms with Crippen molar-refractivity contribution in [2.75, 3.05) is 13.4 Å². The smallest absolute Gasteiger partial charge is 0.338 e. The summed E-state index contributed by atoms with van der Waals surface area (Å²) in [6, 6.07) is 8.40. The lowest BCUT2D eigenvalue weighted by molar-refractivity contribution is 0.0599. The molecule has 0 aliphatic carbocycles. The number of sulfone groups is 1. The topological polar surface area (TPSA) is 60.4 Å². The van der Waals surface area contributed by atoms with Gasteiger partial charge in [-0.15, -0.1) is 0 Å². The quantitative estimate of drug-likeness (QED) is 0.815. The van der Waals surface area contributed by atoms with Crippen LogP contribution in [0.3, 0.4) is 0 Å². The Morgan fingerprint density at radius 1 is 1.14 bits per heavy atom. The normalized spacial score (nSPS) is 11.3. The van der Waals surface area contributed by atoms with Gasteiger partial charge in [0.2, 0.25) is 0 Å². The summed E-state index contributed by atoms with van der Waals surface area (Å²) < 4.78 is 41.8. The summed E-state index contributed by atoms with van der Waals surface area (Å²) in [7, 11) is -2.34. The highest BCUT2D eigenvalue weighted by Crippen LogP contribution is 2.31. The fraction of sp³-hybridized carbons (Fsp3) is 0.188. The summed E-state index contributed by atoms with van der Waals surface area (Å²) in [6.45, 7) is 1.69. The summed E-state index contributed by atoms with van der Waals surface area (Å²) >= 11 is 0. The first-order valence-electron chi connectivity index (χ1n) is 6.43. The Kier molecular flexibility index (Phi) is 4.32. The van der Waals surface area contributed by atoms with Crippen molar-refractivity contribution in [2.45, 2.75) is 11.8 Å². The molecule has 0 unspecified atom stereocenters. The van der Waals surface area contributed by atoms with E-state index in [9.17, 15) is 17.6 Å². The van der Waals surface area contributed by atoms with Crippen LogP contribution in [0, 0.1) is 12.7 Å². The Morgan fingerprint density at radius 2 is 1.73 bits per heavy atom. The van der Waals surface area contributed by atoms with E-state index in [0.717, 1.165) is 6.26 Å². The highest BCUT2D eigenvalue weighted by molar-refractivity contribution is 7.90. The number of aryl methyl sites for hydroxylation is 1. The van der Waals surface area contributed by atoms with E-state index < -0.39 is 21.6 Å². The summed E-state index contributed by atoms with van der Waals surface area (Å²) in [4.78, 5) is 11.7. The van der Waals surface area contributed by atoms with Crippen LogP contribution >= 0.6 is 0 Å². The van der Waals surface area contributed by atoms with Crippen molar-refractivity contribution < 1.29 is 22.3 Å². The van der Waals surface area contributed by atoms with Gasteiger partial charge in [-0.3, -0.25) is 0 Å². The molecule has 0 fully saturated rings. The molecule has 2 aromatic rings. The molecule has 0 amide bonds. The van der Waals surface area contributed by atoms with Crippen LogP contribution in [0.15, 0.2) is 41.3 Å². The number of methoxy groups -OCH3 is 1. The first-order chi connectivity index (χ1) is 10.2. The first kappa shape index (κ1) is 16.2. The van der Waals surface area contributed by atoms with Crippen molar-refractivity contribution in [1.82, 2.24) is 0 Å². The monoisotopic (exact) mass is 322 g/mol. The minimum absolute atomic E-state index is 0.00473. The third kappa shape index (κ3) is 3.17. The molecule has 0 N–H and O–H groups in total.